The molecule has 0 aromatic heterocycles. The molecule has 0 saturated carbocycles. The van der Waals surface area contributed by atoms with Crippen LogP contribution in [0.15, 0.2) is 18.2 Å². The molecule has 0 radical (unpaired) electrons. The number of hydrogen-bond acceptors (Lipinski definition) is 4. The van der Waals surface area contributed by atoms with Crippen molar-refractivity contribution in [1.82, 2.24) is 0 Å². The van der Waals surface area contributed by atoms with Crippen LogP contribution in [0.25, 0.3) is 0 Å². The zero-order chi connectivity index (χ0) is 14.7. The number of benzene rings is 1. The molecule has 0 atom stereocenters. The van der Waals surface area contributed by atoms with Crippen molar-refractivity contribution in [2.45, 2.75) is 38.9 Å². The Balaban J connectivity index is 2.79. The third-order valence-corrected chi connectivity index (χ3v) is 3.87. The van der Waals surface area contributed by atoms with Crippen LogP contribution in [0.4, 0.5) is 5.69 Å². The molecule has 1 rings (SSSR count). The molecule has 5 heteroatoms. The minimum atomic E-state index is -0.423. The van der Waals surface area contributed by atoms with Gasteiger partial charge in [-0.25, -0.2) is 0 Å². The van der Waals surface area contributed by atoms with E-state index in [1.807, 2.05) is 39.8 Å². The number of rotatable bonds is 6. The number of hydrogen-bond donors (Lipinski definition) is 2. The fourth-order valence-electron chi connectivity index (χ4n) is 1.52. The smallest absolute Gasteiger partial charge is 0.309 e. The second-order valence-electron chi connectivity index (χ2n) is 5.62. The van der Waals surface area contributed by atoms with Crippen molar-refractivity contribution in [3.8, 4) is 0 Å². The van der Waals surface area contributed by atoms with Gasteiger partial charge in [-0.1, -0.05) is 17.6 Å². The zero-order valence-electron chi connectivity index (χ0n) is 12.4. The molecule has 3 N–H and O–H groups in total. The molecule has 19 heavy (non-hydrogen) atoms. The number of nitrogen functional groups attached to an aromatic ring is 1. The van der Waals surface area contributed by atoms with Crippen molar-refractivity contribution in [2.75, 3.05) is 12.8 Å². The summed E-state index contributed by atoms with van der Waals surface area (Å²) in [5.41, 5.74) is 7.27. The van der Waals surface area contributed by atoms with Gasteiger partial charge in [0.1, 0.15) is 0 Å². The SMILES string of the molecule is COC(C)(C)C(C)(C)OBc1ccc(N)c(C=N)c1. The normalized spacial score (nSPS) is 12.3. The van der Waals surface area contributed by atoms with Gasteiger partial charge in [0.25, 0.3) is 0 Å². The molecule has 4 nitrogen and oxygen atoms in total. The maximum atomic E-state index is 7.30. The van der Waals surface area contributed by atoms with Crippen LogP contribution >= 0.6 is 0 Å². The van der Waals surface area contributed by atoms with E-state index in [4.69, 9.17) is 20.5 Å². The van der Waals surface area contributed by atoms with Crippen molar-refractivity contribution in [1.29, 1.82) is 5.41 Å². The molecular weight excluding hydrogens is 239 g/mol. The molecule has 1 aromatic carbocycles. The molecule has 0 aliphatic carbocycles. The van der Waals surface area contributed by atoms with Gasteiger partial charge in [0.2, 0.25) is 0 Å². The summed E-state index contributed by atoms with van der Waals surface area (Å²) in [5, 5.41) is 7.30. The van der Waals surface area contributed by atoms with Crippen molar-refractivity contribution in [3.05, 3.63) is 23.8 Å². The first kappa shape index (κ1) is 15.7. The Bertz CT molecular complexity index is 459. The largest absolute Gasteiger partial charge is 0.427 e. The van der Waals surface area contributed by atoms with E-state index in [0.717, 1.165) is 5.46 Å². The van der Waals surface area contributed by atoms with Gasteiger partial charge in [0.15, 0.2) is 0 Å². The molecular formula is C14H23BN2O2. The highest BCUT2D eigenvalue weighted by molar-refractivity contribution is 6.47. The van der Waals surface area contributed by atoms with Gasteiger partial charge in [-0.15, -0.1) is 0 Å². The number of nitrogens with one attached hydrogen (secondary N) is 1. The van der Waals surface area contributed by atoms with E-state index in [9.17, 15) is 0 Å². The lowest BCUT2D eigenvalue weighted by molar-refractivity contribution is -0.114. The van der Waals surface area contributed by atoms with Crippen LogP contribution < -0.4 is 11.2 Å². The van der Waals surface area contributed by atoms with Gasteiger partial charge in [-0.05, 0) is 33.8 Å². The summed E-state index contributed by atoms with van der Waals surface area (Å²) in [4.78, 5) is 0. The van der Waals surface area contributed by atoms with Gasteiger partial charge in [0, 0.05) is 24.6 Å². The lowest BCUT2D eigenvalue weighted by atomic mass is 9.82. The number of methoxy groups -OCH3 is 1. The number of ether oxygens (including phenoxy) is 1. The number of anilines is 1. The average Bonchev–Trinajstić information content (AvgIpc) is 2.37. The minimum Gasteiger partial charge on any atom is -0.427 e. The van der Waals surface area contributed by atoms with Crippen LogP contribution in [0.1, 0.15) is 33.3 Å². The lowest BCUT2D eigenvalue weighted by Crippen LogP contribution is -2.50. The molecule has 104 valence electrons. The zero-order valence-corrected chi connectivity index (χ0v) is 12.4. The van der Waals surface area contributed by atoms with E-state index < -0.39 is 5.60 Å². The Hall–Kier alpha value is -1.33. The van der Waals surface area contributed by atoms with E-state index in [1.54, 1.807) is 13.2 Å². The maximum absolute atomic E-state index is 7.30. The Morgan fingerprint density at radius 1 is 1.21 bits per heavy atom. The van der Waals surface area contributed by atoms with E-state index >= 15 is 0 Å². The van der Waals surface area contributed by atoms with Crippen LogP contribution in [-0.2, 0) is 9.39 Å². The highest BCUT2D eigenvalue weighted by Crippen LogP contribution is 2.27. The summed E-state index contributed by atoms with van der Waals surface area (Å²) < 4.78 is 11.4. The van der Waals surface area contributed by atoms with Gasteiger partial charge in [-0.2, -0.15) is 0 Å². The molecule has 0 spiro atoms. The van der Waals surface area contributed by atoms with Crippen molar-refractivity contribution in [2.24, 2.45) is 0 Å². The van der Waals surface area contributed by atoms with E-state index in [2.05, 4.69) is 0 Å². The van der Waals surface area contributed by atoms with Crippen LogP contribution in [0, 0.1) is 5.41 Å². The molecule has 0 amide bonds. The third kappa shape index (κ3) is 3.58. The number of nitrogens with two attached hydrogens (primary N) is 1. The second kappa shape index (κ2) is 5.76. The summed E-state index contributed by atoms with van der Waals surface area (Å²) in [6.07, 6.45) is 1.25. The average molecular weight is 262 g/mol. The van der Waals surface area contributed by atoms with Crippen LogP contribution in [-0.4, -0.2) is 32.0 Å². The molecule has 0 bridgehead atoms. The van der Waals surface area contributed by atoms with Crippen molar-refractivity contribution >= 4 is 24.8 Å². The molecule has 0 unspecified atom stereocenters. The Morgan fingerprint density at radius 2 is 1.84 bits per heavy atom. The van der Waals surface area contributed by atoms with Gasteiger partial charge in [0.05, 0.1) is 11.2 Å². The fourth-order valence-corrected chi connectivity index (χ4v) is 1.52. The van der Waals surface area contributed by atoms with Crippen molar-refractivity contribution in [3.63, 3.8) is 0 Å². The summed E-state index contributed by atoms with van der Waals surface area (Å²) in [7, 11) is 2.14. The summed E-state index contributed by atoms with van der Waals surface area (Å²) in [6, 6.07) is 5.59. The third-order valence-electron chi connectivity index (χ3n) is 3.87. The first-order valence-electron chi connectivity index (χ1n) is 6.31. The van der Waals surface area contributed by atoms with Gasteiger partial charge >= 0.3 is 7.48 Å². The molecule has 0 saturated heterocycles. The van der Waals surface area contributed by atoms with Crippen molar-refractivity contribution < 1.29 is 9.39 Å². The minimum absolute atomic E-state index is 0.384. The van der Waals surface area contributed by atoms with Gasteiger partial charge in [-0.3, -0.25) is 0 Å². The molecule has 0 aliphatic heterocycles. The standard InChI is InChI=1S/C14H23BN2O2/c1-13(2,18-5)14(3,4)19-15-11-6-7-12(17)10(8-11)9-16/h6-9,15-16H,17H2,1-5H3. The van der Waals surface area contributed by atoms with Crippen LogP contribution in [0.5, 0.6) is 0 Å². The molecule has 1 aromatic rings. The molecule has 0 fully saturated rings. The second-order valence-corrected chi connectivity index (χ2v) is 5.62. The van der Waals surface area contributed by atoms with E-state index in [0.29, 0.717) is 18.7 Å². The van der Waals surface area contributed by atoms with Crippen LogP contribution in [0.2, 0.25) is 0 Å². The highest BCUT2D eigenvalue weighted by Gasteiger charge is 2.37. The van der Waals surface area contributed by atoms with E-state index in [1.165, 1.54) is 6.21 Å². The van der Waals surface area contributed by atoms with Crippen LogP contribution in [0.3, 0.4) is 0 Å². The summed E-state index contributed by atoms with van der Waals surface area (Å²) in [6.45, 7) is 8.01. The Kier molecular flexibility index (Phi) is 4.77. The lowest BCUT2D eigenvalue weighted by Gasteiger charge is -2.40. The summed E-state index contributed by atoms with van der Waals surface area (Å²) in [5.74, 6) is 0. The predicted molar refractivity (Wildman–Crippen MR) is 81.8 cm³/mol. The molecule has 0 heterocycles. The fraction of sp³-hybridized carbons (Fsp3) is 0.500. The monoisotopic (exact) mass is 262 g/mol. The Labute approximate surface area is 116 Å². The first-order valence-corrected chi connectivity index (χ1v) is 6.31. The topological polar surface area (TPSA) is 68.3 Å². The first-order chi connectivity index (χ1) is 8.73. The van der Waals surface area contributed by atoms with Gasteiger partial charge < -0.3 is 20.5 Å². The van der Waals surface area contributed by atoms with E-state index in [-0.39, 0.29) is 5.60 Å². The predicted octanol–water partition coefficient (Wildman–Crippen LogP) is 1.46. The molecule has 0 aliphatic rings. The quantitative estimate of drug-likeness (QED) is 0.463. The highest BCUT2D eigenvalue weighted by atomic mass is 16.5. The Morgan fingerprint density at radius 3 is 2.37 bits per heavy atom. The maximum Gasteiger partial charge on any atom is 0.309 e. The summed E-state index contributed by atoms with van der Waals surface area (Å²) >= 11 is 0.